The summed E-state index contributed by atoms with van der Waals surface area (Å²) in [6.07, 6.45) is 5.24. The maximum Gasteiger partial charge on any atom is 0.183 e. The molecular formula is C18H16FN7. The lowest BCUT2D eigenvalue weighted by Gasteiger charge is -2.12. The standard InChI is InChI=1S/C18H16FN7/c19-14-3-1-13(2-4-14)16-11-22-18(25-20)17(24-16)21-10-12-6-8-26-15(9-12)5-7-23-26/h1-9,11H,10,20H2,(H,21,24)(H,22,25). The van der Waals surface area contributed by atoms with Gasteiger partial charge in [0, 0.05) is 24.5 Å². The van der Waals surface area contributed by atoms with Crippen molar-refractivity contribution in [1.82, 2.24) is 19.6 Å². The van der Waals surface area contributed by atoms with Gasteiger partial charge >= 0.3 is 0 Å². The number of anilines is 2. The minimum Gasteiger partial charge on any atom is -0.363 e. The minimum atomic E-state index is -0.296. The first-order valence-electron chi connectivity index (χ1n) is 7.99. The summed E-state index contributed by atoms with van der Waals surface area (Å²) in [5, 5.41) is 7.42. The molecule has 0 unspecified atom stereocenters. The molecule has 8 heteroatoms. The van der Waals surface area contributed by atoms with Crippen molar-refractivity contribution in [2.24, 2.45) is 5.84 Å². The molecule has 0 spiro atoms. The minimum absolute atomic E-state index is 0.296. The third kappa shape index (κ3) is 3.17. The Kier molecular flexibility index (Phi) is 4.16. The van der Waals surface area contributed by atoms with Crippen molar-refractivity contribution in [3.63, 3.8) is 0 Å². The van der Waals surface area contributed by atoms with Crippen molar-refractivity contribution in [3.8, 4) is 11.3 Å². The van der Waals surface area contributed by atoms with Gasteiger partial charge in [-0.25, -0.2) is 24.7 Å². The van der Waals surface area contributed by atoms with E-state index in [1.807, 2.05) is 24.4 Å². The van der Waals surface area contributed by atoms with E-state index in [0.717, 1.165) is 16.6 Å². The van der Waals surface area contributed by atoms with Crippen LogP contribution in [0.1, 0.15) is 5.56 Å². The van der Waals surface area contributed by atoms with E-state index in [1.54, 1.807) is 29.0 Å². The fourth-order valence-corrected chi connectivity index (χ4v) is 2.64. The second-order valence-electron chi connectivity index (χ2n) is 5.69. The first kappa shape index (κ1) is 16.0. The molecule has 4 rings (SSSR count). The number of hydrogen-bond donors (Lipinski definition) is 3. The van der Waals surface area contributed by atoms with E-state index in [1.165, 1.54) is 12.1 Å². The van der Waals surface area contributed by atoms with Crippen molar-refractivity contribution in [1.29, 1.82) is 0 Å². The summed E-state index contributed by atoms with van der Waals surface area (Å²) >= 11 is 0. The Morgan fingerprint density at radius 3 is 2.73 bits per heavy atom. The molecule has 0 aliphatic rings. The zero-order chi connectivity index (χ0) is 17.9. The summed E-state index contributed by atoms with van der Waals surface area (Å²) in [6, 6.07) is 12.0. The number of nitrogens with two attached hydrogens (primary N) is 1. The molecule has 130 valence electrons. The highest BCUT2D eigenvalue weighted by Crippen LogP contribution is 2.23. The molecular weight excluding hydrogens is 333 g/mol. The van der Waals surface area contributed by atoms with E-state index in [2.05, 4.69) is 25.8 Å². The van der Waals surface area contributed by atoms with Crippen LogP contribution in [-0.2, 0) is 6.54 Å². The molecule has 0 saturated heterocycles. The van der Waals surface area contributed by atoms with Gasteiger partial charge in [0.15, 0.2) is 11.6 Å². The molecule has 0 amide bonds. The van der Waals surface area contributed by atoms with Crippen molar-refractivity contribution in [3.05, 3.63) is 72.4 Å². The number of hydrazine groups is 1. The van der Waals surface area contributed by atoms with Crippen molar-refractivity contribution in [2.45, 2.75) is 6.54 Å². The molecule has 0 radical (unpaired) electrons. The van der Waals surface area contributed by atoms with Gasteiger partial charge in [0.2, 0.25) is 0 Å². The first-order valence-corrected chi connectivity index (χ1v) is 7.99. The number of aromatic nitrogens is 4. The summed E-state index contributed by atoms with van der Waals surface area (Å²) in [5.74, 6) is 6.19. The normalized spacial score (nSPS) is 10.8. The first-order chi connectivity index (χ1) is 12.7. The van der Waals surface area contributed by atoms with Crippen LogP contribution in [0.4, 0.5) is 16.0 Å². The highest BCUT2D eigenvalue weighted by Gasteiger charge is 2.09. The highest BCUT2D eigenvalue weighted by molar-refractivity contribution is 5.66. The molecule has 0 saturated carbocycles. The summed E-state index contributed by atoms with van der Waals surface area (Å²) in [4.78, 5) is 8.84. The lowest BCUT2D eigenvalue weighted by Crippen LogP contribution is -2.13. The number of nitrogens with zero attached hydrogens (tertiary/aromatic N) is 4. The summed E-state index contributed by atoms with van der Waals surface area (Å²) in [5.41, 5.74) is 6.00. The number of hydrogen-bond acceptors (Lipinski definition) is 6. The largest absolute Gasteiger partial charge is 0.363 e. The zero-order valence-electron chi connectivity index (χ0n) is 13.7. The number of nitrogens with one attached hydrogen (secondary N) is 2. The molecule has 26 heavy (non-hydrogen) atoms. The second-order valence-corrected chi connectivity index (χ2v) is 5.69. The Bertz CT molecular complexity index is 1040. The topological polar surface area (TPSA) is 93.2 Å². The molecule has 0 aliphatic heterocycles. The van der Waals surface area contributed by atoms with Crippen LogP contribution in [-0.4, -0.2) is 19.6 Å². The third-order valence-corrected chi connectivity index (χ3v) is 3.97. The smallest absolute Gasteiger partial charge is 0.183 e. The number of nitrogen functional groups attached to an aromatic ring is 1. The van der Waals surface area contributed by atoms with Gasteiger partial charge in [-0.15, -0.1) is 0 Å². The number of pyridine rings is 1. The van der Waals surface area contributed by atoms with E-state index in [9.17, 15) is 4.39 Å². The number of rotatable bonds is 5. The van der Waals surface area contributed by atoms with E-state index >= 15 is 0 Å². The van der Waals surface area contributed by atoms with Crippen molar-refractivity contribution < 1.29 is 4.39 Å². The third-order valence-electron chi connectivity index (χ3n) is 3.97. The molecule has 0 bridgehead atoms. The van der Waals surface area contributed by atoms with Crippen LogP contribution >= 0.6 is 0 Å². The Hall–Kier alpha value is -3.52. The Balaban J connectivity index is 1.59. The van der Waals surface area contributed by atoms with Gasteiger partial charge in [0.1, 0.15) is 5.82 Å². The Labute approximate surface area is 148 Å². The van der Waals surface area contributed by atoms with Gasteiger partial charge in [0.05, 0.1) is 17.4 Å². The zero-order valence-corrected chi connectivity index (χ0v) is 13.7. The summed E-state index contributed by atoms with van der Waals surface area (Å²) in [7, 11) is 0. The van der Waals surface area contributed by atoms with Gasteiger partial charge in [-0.1, -0.05) is 0 Å². The molecule has 1 aromatic carbocycles. The number of fused-ring (bicyclic) bond motifs is 1. The van der Waals surface area contributed by atoms with Gasteiger partial charge in [0.25, 0.3) is 0 Å². The van der Waals surface area contributed by atoms with Crippen molar-refractivity contribution in [2.75, 3.05) is 10.7 Å². The second kappa shape index (κ2) is 6.77. The predicted molar refractivity (Wildman–Crippen MR) is 97.8 cm³/mol. The molecule has 4 aromatic rings. The van der Waals surface area contributed by atoms with Crippen molar-refractivity contribution >= 4 is 17.2 Å². The van der Waals surface area contributed by atoms with Crippen LogP contribution in [0.3, 0.4) is 0 Å². The van der Waals surface area contributed by atoms with E-state index < -0.39 is 0 Å². The van der Waals surface area contributed by atoms with Crippen LogP contribution in [0.25, 0.3) is 16.8 Å². The predicted octanol–water partition coefficient (Wildman–Crippen LogP) is 2.83. The van der Waals surface area contributed by atoms with E-state index in [-0.39, 0.29) is 5.82 Å². The van der Waals surface area contributed by atoms with Crippen LogP contribution in [0.15, 0.2) is 61.1 Å². The fraction of sp³-hybridized carbons (Fsp3) is 0.0556. The van der Waals surface area contributed by atoms with Crippen LogP contribution < -0.4 is 16.6 Å². The quantitative estimate of drug-likeness (QED) is 0.379. The number of halogens is 1. The van der Waals surface area contributed by atoms with Gasteiger partial charge in [-0.05, 0) is 48.0 Å². The molecule has 3 aromatic heterocycles. The van der Waals surface area contributed by atoms with Gasteiger partial charge in [-0.2, -0.15) is 5.10 Å². The number of benzene rings is 1. The molecule has 3 heterocycles. The summed E-state index contributed by atoms with van der Waals surface area (Å²) in [6.45, 7) is 0.540. The van der Waals surface area contributed by atoms with Gasteiger partial charge < -0.3 is 10.7 Å². The highest BCUT2D eigenvalue weighted by atomic mass is 19.1. The maximum atomic E-state index is 13.1. The van der Waals surface area contributed by atoms with Crippen LogP contribution in [0, 0.1) is 5.82 Å². The lowest BCUT2D eigenvalue weighted by atomic mass is 10.1. The molecule has 4 N–H and O–H groups in total. The SMILES string of the molecule is NNc1ncc(-c2ccc(F)cc2)nc1NCc1ccn2nccc2c1. The lowest BCUT2D eigenvalue weighted by molar-refractivity contribution is 0.628. The molecule has 0 fully saturated rings. The van der Waals surface area contributed by atoms with E-state index in [4.69, 9.17) is 5.84 Å². The Morgan fingerprint density at radius 2 is 1.92 bits per heavy atom. The molecule has 0 aliphatic carbocycles. The van der Waals surface area contributed by atoms with Gasteiger partial charge in [-0.3, -0.25) is 0 Å². The monoisotopic (exact) mass is 349 g/mol. The maximum absolute atomic E-state index is 13.1. The summed E-state index contributed by atoms with van der Waals surface area (Å²) < 4.78 is 14.9. The fourth-order valence-electron chi connectivity index (χ4n) is 2.64. The Morgan fingerprint density at radius 1 is 1.08 bits per heavy atom. The average Bonchev–Trinajstić information content (AvgIpc) is 3.14. The van der Waals surface area contributed by atoms with Crippen LogP contribution in [0.2, 0.25) is 0 Å². The molecule has 0 atom stereocenters. The average molecular weight is 349 g/mol. The van der Waals surface area contributed by atoms with E-state index in [0.29, 0.717) is 23.9 Å². The van der Waals surface area contributed by atoms with Crippen LogP contribution in [0.5, 0.6) is 0 Å². The molecule has 7 nitrogen and oxygen atoms in total.